The summed E-state index contributed by atoms with van der Waals surface area (Å²) in [7, 11) is 1.78. The average Bonchev–Trinajstić information content (AvgIpc) is 2.53. The Hall–Kier alpha value is -2.20. The molecule has 0 saturated carbocycles. The summed E-state index contributed by atoms with van der Waals surface area (Å²) in [4.78, 5) is 18.3. The van der Waals surface area contributed by atoms with Gasteiger partial charge in [0, 0.05) is 31.0 Å². The Morgan fingerprint density at radius 1 is 1.29 bits per heavy atom. The van der Waals surface area contributed by atoms with Crippen LogP contribution in [-0.4, -0.2) is 17.9 Å². The van der Waals surface area contributed by atoms with Gasteiger partial charge in [0.15, 0.2) is 0 Å². The molecule has 0 spiro atoms. The lowest BCUT2D eigenvalue weighted by Crippen LogP contribution is -2.26. The molecule has 0 unspecified atom stereocenters. The second-order valence-corrected chi connectivity index (χ2v) is 5.35. The van der Waals surface area contributed by atoms with Gasteiger partial charge in [-0.1, -0.05) is 26.0 Å². The molecule has 2 N–H and O–H groups in total. The maximum absolute atomic E-state index is 12.6. The number of pyridine rings is 1. The number of rotatable bonds is 4. The largest absolute Gasteiger partial charge is 0.325 e. The average molecular weight is 283 g/mol. The van der Waals surface area contributed by atoms with E-state index in [2.05, 4.69) is 24.9 Å². The molecule has 2 rings (SSSR count). The van der Waals surface area contributed by atoms with Crippen molar-refractivity contribution in [3.05, 3.63) is 59.4 Å². The fourth-order valence-electron chi connectivity index (χ4n) is 2.13. The first-order chi connectivity index (χ1) is 10.0. The Bertz CT molecular complexity index is 637. The molecule has 0 radical (unpaired) electrons. The van der Waals surface area contributed by atoms with Gasteiger partial charge in [0.25, 0.3) is 5.91 Å². The van der Waals surface area contributed by atoms with Crippen molar-refractivity contribution in [3.8, 4) is 0 Å². The Morgan fingerprint density at radius 2 is 2.05 bits per heavy atom. The van der Waals surface area contributed by atoms with Crippen LogP contribution in [0.2, 0.25) is 0 Å². The molecule has 0 saturated heterocycles. The van der Waals surface area contributed by atoms with E-state index in [0.29, 0.717) is 23.7 Å². The van der Waals surface area contributed by atoms with Crippen molar-refractivity contribution in [2.24, 2.45) is 5.73 Å². The second-order valence-electron chi connectivity index (χ2n) is 5.35. The van der Waals surface area contributed by atoms with E-state index >= 15 is 0 Å². The number of nitrogens with two attached hydrogens (primary N) is 1. The molecule has 21 heavy (non-hydrogen) atoms. The van der Waals surface area contributed by atoms with Gasteiger partial charge in [-0.15, -0.1) is 0 Å². The SMILES string of the molecule is CC(C)c1cccc(N(C)C(=O)c2ccnc(CN)c2)c1. The number of nitrogens with zero attached hydrogens (tertiary/aromatic N) is 2. The lowest BCUT2D eigenvalue weighted by Gasteiger charge is -2.19. The van der Waals surface area contributed by atoms with Gasteiger partial charge in [-0.25, -0.2) is 0 Å². The first-order valence-corrected chi connectivity index (χ1v) is 7.06. The van der Waals surface area contributed by atoms with Gasteiger partial charge in [-0.2, -0.15) is 0 Å². The van der Waals surface area contributed by atoms with Crippen LogP contribution in [0.1, 0.15) is 41.4 Å². The molecule has 0 aliphatic carbocycles. The number of hydrogen-bond acceptors (Lipinski definition) is 3. The summed E-state index contributed by atoms with van der Waals surface area (Å²) < 4.78 is 0. The summed E-state index contributed by atoms with van der Waals surface area (Å²) in [5, 5.41) is 0. The van der Waals surface area contributed by atoms with E-state index in [1.165, 1.54) is 5.56 Å². The zero-order chi connectivity index (χ0) is 15.4. The second kappa shape index (κ2) is 6.50. The fraction of sp³-hybridized carbons (Fsp3) is 0.294. The number of aromatic nitrogens is 1. The highest BCUT2D eigenvalue weighted by Gasteiger charge is 2.14. The Balaban J connectivity index is 2.28. The summed E-state index contributed by atoms with van der Waals surface area (Å²) in [5.74, 6) is 0.367. The highest BCUT2D eigenvalue weighted by Crippen LogP contribution is 2.22. The molecular weight excluding hydrogens is 262 g/mol. The van der Waals surface area contributed by atoms with Crippen LogP contribution >= 0.6 is 0 Å². The first-order valence-electron chi connectivity index (χ1n) is 7.06. The van der Waals surface area contributed by atoms with E-state index in [-0.39, 0.29) is 5.91 Å². The van der Waals surface area contributed by atoms with E-state index in [1.807, 2.05) is 18.2 Å². The highest BCUT2D eigenvalue weighted by atomic mass is 16.2. The van der Waals surface area contributed by atoms with Crippen molar-refractivity contribution < 1.29 is 4.79 Å². The molecule has 110 valence electrons. The quantitative estimate of drug-likeness (QED) is 0.938. The molecule has 0 fully saturated rings. The van der Waals surface area contributed by atoms with Gasteiger partial charge in [-0.3, -0.25) is 9.78 Å². The topological polar surface area (TPSA) is 59.2 Å². The number of carbonyl (C=O) groups excluding carboxylic acids is 1. The number of benzene rings is 1. The Labute approximate surface area is 125 Å². The maximum Gasteiger partial charge on any atom is 0.258 e. The van der Waals surface area contributed by atoms with Crippen LogP contribution < -0.4 is 10.6 Å². The molecule has 1 aromatic carbocycles. The third-order valence-corrected chi connectivity index (χ3v) is 3.50. The summed E-state index contributed by atoms with van der Waals surface area (Å²) in [6.07, 6.45) is 1.62. The van der Waals surface area contributed by atoms with Crippen molar-refractivity contribution >= 4 is 11.6 Å². The molecule has 0 bridgehead atoms. The monoisotopic (exact) mass is 283 g/mol. The number of anilines is 1. The zero-order valence-corrected chi connectivity index (χ0v) is 12.7. The summed E-state index contributed by atoms with van der Waals surface area (Å²) in [6, 6.07) is 11.5. The third kappa shape index (κ3) is 3.47. The highest BCUT2D eigenvalue weighted by molar-refractivity contribution is 6.05. The minimum Gasteiger partial charge on any atom is -0.325 e. The lowest BCUT2D eigenvalue weighted by molar-refractivity contribution is 0.0993. The van der Waals surface area contributed by atoms with Crippen molar-refractivity contribution in [3.63, 3.8) is 0 Å². The van der Waals surface area contributed by atoms with E-state index in [0.717, 1.165) is 5.69 Å². The Morgan fingerprint density at radius 3 is 2.71 bits per heavy atom. The van der Waals surface area contributed by atoms with E-state index in [9.17, 15) is 4.79 Å². The number of hydrogen-bond donors (Lipinski definition) is 1. The standard InChI is InChI=1S/C17H21N3O/c1-12(2)13-5-4-6-16(10-13)20(3)17(21)14-7-8-19-15(9-14)11-18/h4-10,12H,11,18H2,1-3H3. The summed E-state index contributed by atoms with van der Waals surface area (Å²) >= 11 is 0. The van der Waals surface area contributed by atoms with Crippen LogP contribution in [0, 0.1) is 0 Å². The van der Waals surface area contributed by atoms with Crippen molar-refractivity contribution in [2.75, 3.05) is 11.9 Å². The van der Waals surface area contributed by atoms with Gasteiger partial charge >= 0.3 is 0 Å². The van der Waals surface area contributed by atoms with Crippen LogP contribution in [0.5, 0.6) is 0 Å². The molecule has 4 nitrogen and oxygen atoms in total. The Kier molecular flexibility index (Phi) is 4.70. The molecule has 1 heterocycles. The van der Waals surface area contributed by atoms with Crippen molar-refractivity contribution in [1.82, 2.24) is 4.98 Å². The number of carbonyl (C=O) groups is 1. The molecule has 1 aromatic heterocycles. The first kappa shape index (κ1) is 15.2. The van der Waals surface area contributed by atoms with Gasteiger partial charge in [0.2, 0.25) is 0 Å². The summed E-state index contributed by atoms with van der Waals surface area (Å²) in [5.41, 5.74) is 8.98. The molecule has 2 aromatic rings. The lowest BCUT2D eigenvalue weighted by atomic mass is 10.0. The molecule has 0 atom stereocenters. The normalized spacial score (nSPS) is 10.7. The minimum absolute atomic E-state index is 0.0620. The van der Waals surface area contributed by atoms with E-state index < -0.39 is 0 Å². The molecule has 0 aliphatic heterocycles. The van der Waals surface area contributed by atoms with Gasteiger partial charge < -0.3 is 10.6 Å². The van der Waals surface area contributed by atoms with Crippen LogP contribution in [0.15, 0.2) is 42.6 Å². The zero-order valence-electron chi connectivity index (χ0n) is 12.7. The van der Waals surface area contributed by atoms with Crippen LogP contribution in [0.4, 0.5) is 5.69 Å². The van der Waals surface area contributed by atoms with Gasteiger partial charge in [0.05, 0.1) is 5.69 Å². The molecule has 0 aliphatic rings. The predicted molar refractivity (Wildman–Crippen MR) is 85.4 cm³/mol. The van der Waals surface area contributed by atoms with Crippen LogP contribution in [0.3, 0.4) is 0 Å². The maximum atomic E-state index is 12.6. The van der Waals surface area contributed by atoms with Crippen LogP contribution in [0.25, 0.3) is 0 Å². The molecule has 4 heteroatoms. The van der Waals surface area contributed by atoms with Crippen molar-refractivity contribution in [1.29, 1.82) is 0 Å². The van der Waals surface area contributed by atoms with Gasteiger partial charge in [0.1, 0.15) is 0 Å². The number of amides is 1. The van der Waals surface area contributed by atoms with E-state index in [1.54, 1.807) is 30.3 Å². The summed E-state index contributed by atoms with van der Waals surface area (Å²) in [6.45, 7) is 4.60. The minimum atomic E-state index is -0.0620. The predicted octanol–water partition coefficient (Wildman–Crippen LogP) is 2.94. The van der Waals surface area contributed by atoms with Crippen LogP contribution in [-0.2, 0) is 6.54 Å². The van der Waals surface area contributed by atoms with Gasteiger partial charge in [-0.05, 0) is 35.7 Å². The molecule has 1 amide bonds. The van der Waals surface area contributed by atoms with E-state index in [4.69, 9.17) is 5.73 Å². The fourth-order valence-corrected chi connectivity index (χ4v) is 2.13. The molecular formula is C17H21N3O. The smallest absolute Gasteiger partial charge is 0.258 e. The third-order valence-electron chi connectivity index (χ3n) is 3.50. The van der Waals surface area contributed by atoms with Crippen molar-refractivity contribution in [2.45, 2.75) is 26.3 Å².